The van der Waals surface area contributed by atoms with Gasteiger partial charge in [-0.1, -0.05) is 5.16 Å². The van der Waals surface area contributed by atoms with E-state index in [0.717, 1.165) is 36.3 Å². The van der Waals surface area contributed by atoms with Gasteiger partial charge in [0.15, 0.2) is 0 Å². The average Bonchev–Trinajstić information content (AvgIpc) is 2.74. The van der Waals surface area contributed by atoms with E-state index in [9.17, 15) is 4.79 Å². The Bertz CT molecular complexity index is 1190. The first-order chi connectivity index (χ1) is 15.0. The van der Waals surface area contributed by atoms with Gasteiger partial charge in [-0.25, -0.2) is 4.98 Å². The Morgan fingerprint density at radius 3 is 2.94 bits per heavy atom. The van der Waals surface area contributed by atoms with Crippen LogP contribution in [0.15, 0.2) is 46.5 Å². The van der Waals surface area contributed by atoms with E-state index >= 15 is 0 Å². The standard InChI is InChI=1S/C23H27N5O3/c1-14-11-18(5-6-20(14)28-9-10-31-15(2)13-28)25-22-21-17(7-8-24-23(21)29)12-19(26-22)16(3)27-30-4/h5-8,11-12,15H,9-10,13H2,1-4H3,(H,24,29)(H,25,26)/b27-16+/t15-/m1/s1. The third-order valence-corrected chi connectivity index (χ3v) is 5.39. The van der Waals surface area contributed by atoms with E-state index in [1.165, 1.54) is 12.8 Å². The minimum absolute atomic E-state index is 0.198. The number of anilines is 3. The van der Waals surface area contributed by atoms with E-state index in [1.54, 1.807) is 6.20 Å². The van der Waals surface area contributed by atoms with E-state index < -0.39 is 0 Å². The summed E-state index contributed by atoms with van der Waals surface area (Å²) in [7, 11) is 1.49. The number of nitrogens with one attached hydrogen (secondary N) is 2. The highest BCUT2D eigenvalue weighted by atomic mass is 16.6. The van der Waals surface area contributed by atoms with Crippen molar-refractivity contribution < 1.29 is 9.57 Å². The number of pyridine rings is 2. The topological polar surface area (TPSA) is 91.8 Å². The molecule has 2 aromatic heterocycles. The van der Waals surface area contributed by atoms with Gasteiger partial charge >= 0.3 is 0 Å². The van der Waals surface area contributed by atoms with E-state index in [2.05, 4.69) is 51.3 Å². The van der Waals surface area contributed by atoms with Crippen LogP contribution in [0.4, 0.5) is 17.2 Å². The summed E-state index contributed by atoms with van der Waals surface area (Å²) in [4.78, 5) is 27.2. The lowest BCUT2D eigenvalue weighted by Gasteiger charge is -2.34. The van der Waals surface area contributed by atoms with Gasteiger partial charge < -0.3 is 24.8 Å². The van der Waals surface area contributed by atoms with Crippen molar-refractivity contribution in [3.05, 3.63) is 58.1 Å². The number of aryl methyl sites for hydroxylation is 1. The molecule has 1 atom stereocenters. The van der Waals surface area contributed by atoms with E-state index in [1.807, 2.05) is 25.1 Å². The third kappa shape index (κ3) is 4.39. The van der Waals surface area contributed by atoms with Gasteiger partial charge in [-0.15, -0.1) is 0 Å². The molecule has 1 aliphatic heterocycles. The summed E-state index contributed by atoms with van der Waals surface area (Å²) >= 11 is 0. The molecule has 3 aromatic rings. The minimum atomic E-state index is -0.198. The second-order valence-corrected chi connectivity index (χ2v) is 7.74. The van der Waals surface area contributed by atoms with Crippen molar-refractivity contribution in [1.82, 2.24) is 9.97 Å². The Kier molecular flexibility index (Phi) is 5.90. The number of aromatic amines is 1. The SMILES string of the molecule is CO/N=C(\C)c1cc2cc[nH]c(=O)c2c(Nc2ccc(N3CCO[C@H](C)C3)c(C)c2)n1. The van der Waals surface area contributed by atoms with Crippen molar-refractivity contribution >= 4 is 33.7 Å². The Balaban J connectivity index is 1.71. The van der Waals surface area contributed by atoms with Crippen LogP contribution in [0.25, 0.3) is 10.8 Å². The van der Waals surface area contributed by atoms with Gasteiger partial charge in [0.25, 0.3) is 5.56 Å². The molecule has 0 radical (unpaired) electrons. The largest absolute Gasteiger partial charge is 0.399 e. The number of aromatic nitrogens is 2. The molecule has 162 valence electrons. The molecule has 0 bridgehead atoms. The maximum Gasteiger partial charge on any atom is 0.259 e. The summed E-state index contributed by atoms with van der Waals surface area (Å²) in [6, 6.07) is 9.87. The van der Waals surface area contributed by atoms with E-state index in [-0.39, 0.29) is 11.7 Å². The van der Waals surface area contributed by atoms with Crippen molar-refractivity contribution in [1.29, 1.82) is 0 Å². The van der Waals surface area contributed by atoms with Crippen LogP contribution >= 0.6 is 0 Å². The van der Waals surface area contributed by atoms with Gasteiger partial charge in [0.1, 0.15) is 18.6 Å². The lowest BCUT2D eigenvalue weighted by Crippen LogP contribution is -2.41. The number of H-pyrrole nitrogens is 1. The molecule has 1 aliphatic rings. The zero-order valence-electron chi connectivity index (χ0n) is 18.2. The predicted molar refractivity (Wildman–Crippen MR) is 124 cm³/mol. The number of benzene rings is 1. The smallest absolute Gasteiger partial charge is 0.259 e. The zero-order chi connectivity index (χ0) is 22.0. The lowest BCUT2D eigenvalue weighted by molar-refractivity contribution is 0.0532. The van der Waals surface area contributed by atoms with Crippen LogP contribution in [0.1, 0.15) is 25.1 Å². The zero-order valence-corrected chi connectivity index (χ0v) is 18.2. The molecule has 3 heterocycles. The maximum atomic E-state index is 12.5. The molecule has 4 rings (SSSR count). The Morgan fingerprint density at radius 1 is 1.35 bits per heavy atom. The molecule has 1 aromatic carbocycles. The van der Waals surface area contributed by atoms with Crippen molar-refractivity contribution in [2.75, 3.05) is 37.0 Å². The molecule has 0 amide bonds. The highest BCUT2D eigenvalue weighted by molar-refractivity contribution is 6.02. The van der Waals surface area contributed by atoms with Crippen LogP contribution < -0.4 is 15.8 Å². The summed E-state index contributed by atoms with van der Waals surface area (Å²) in [5, 5.41) is 8.59. The molecule has 0 saturated carbocycles. The van der Waals surface area contributed by atoms with E-state index in [4.69, 9.17) is 9.57 Å². The molecular weight excluding hydrogens is 394 g/mol. The fourth-order valence-corrected chi connectivity index (χ4v) is 3.94. The minimum Gasteiger partial charge on any atom is -0.399 e. The first-order valence-electron chi connectivity index (χ1n) is 10.3. The Hall–Kier alpha value is -3.39. The maximum absolute atomic E-state index is 12.5. The normalized spacial score (nSPS) is 17.1. The van der Waals surface area contributed by atoms with Crippen LogP contribution in [0.3, 0.4) is 0 Å². The van der Waals surface area contributed by atoms with Gasteiger partial charge in [0.2, 0.25) is 0 Å². The Morgan fingerprint density at radius 2 is 2.19 bits per heavy atom. The lowest BCUT2D eigenvalue weighted by atomic mass is 10.1. The summed E-state index contributed by atoms with van der Waals surface area (Å²) in [6.07, 6.45) is 1.84. The summed E-state index contributed by atoms with van der Waals surface area (Å²) < 4.78 is 5.66. The van der Waals surface area contributed by atoms with Crippen molar-refractivity contribution in [2.24, 2.45) is 5.16 Å². The molecular formula is C23H27N5O3. The van der Waals surface area contributed by atoms with Crippen LogP contribution in [-0.4, -0.2) is 48.6 Å². The number of hydrogen-bond acceptors (Lipinski definition) is 7. The molecule has 8 heteroatoms. The molecule has 0 aliphatic carbocycles. The second-order valence-electron chi connectivity index (χ2n) is 7.74. The molecule has 1 saturated heterocycles. The van der Waals surface area contributed by atoms with Crippen LogP contribution in [0.2, 0.25) is 0 Å². The first-order valence-corrected chi connectivity index (χ1v) is 10.3. The first kappa shape index (κ1) is 20.9. The third-order valence-electron chi connectivity index (χ3n) is 5.39. The Labute approximate surface area is 180 Å². The van der Waals surface area contributed by atoms with Crippen molar-refractivity contribution in [3.63, 3.8) is 0 Å². The number of ether oxygens (including phenoxy) is 1. The number of hydrogen-bond donors (Lipinski definition) is 2. The highest BCUT2D eigenvalue weighted by Crippen LogP contribution is 2.28. The average molecular weight is 422 g/mol. The number of rotatable bonds is 5. The summed E-state index contributed by atoms with van der Waals surface area (Å²) in [5.74, 6) is 0.479. The number of oxime groups is 1. The second kappa shape index (κ2) is 8.77. The van der Waals surface area contributed by atoms with Gasteiger partial charge in [0.05, 0.1) is 23.8 Å². The number of morpholine rings is 1. The highest BCUT2D eigenvalue weighted by Gasteiger charge is 2.19. The fraction of sp³-hybridized carbons (Fsp3) is 0.348. The quantitative estimate of drug-likeness (QED) is 0.483. The van der Waals surface area contributed by atoms with Crippen molar-refractivity contribution in [2.45, 2.75) is 26.9 Å². The van der Waals surface area contributed by atoms with Crippen LogP contribution in [0, 0.1) is 6.92 Å². The van der Waals surface area contributed by atoms with Gasteiger partial charge in [-0.2, -0.15) is 0 Å². The molecule has 31 heavy (non-hydrogen) atoms. The number of nitrogens with zero attached hydrogens (tertiary/aromatic N) is 3. The molecule has 0 unspecified atom stereocenters. The van der Waals surface area contributed by atoms with Gasteiger partial charge in [-0.3, -0.25) is 4.79 Å². The van der Waals surface area contributed by atoms with Gasteiger partial charge in [-0.05, 0) is 62.1 Å². The predicted octanol–water partition coefficient (Wildman–Crippen LogP) is 3.57. The monoisotopic (exact) mass is 421 g/mol. The van der Waals surface area contributed by atoms with Crippen LogP contribution in [-0.2, 0) is 9.57 Å². The fourth-order valence-electron chi connectivity index (χ4n) is 3.94. The molecule has 8 nitrogen and oxygen atoms in total. The molecule has 1 fully saturated rings. The number of fused-ring (bicyclic) bond motifs is 1. The van der Waals surface area contributed by atoms with Crippen molar-refractivity contribution in [3.8, 4) is 0 Å². The summed E-state index contributed by atoms with van der Waals surface area (Å²) in [5.41, 5.74) is 4.26. The van der Waals surface area contributed by atoms with Gasteiger partial charge in [0, 0.05) is 30.7 Å². The van der Waals surface area contributed by atoms with E-state index in [0.29, 0.717) is 22.6 Å². The molecule has 2 N–H and O–H groups in total. The summed E-state index contributed by atoms with van der Waals surface area (Å²) in [6.45, 7) is 8.47. The molecule has 0 spiro atoms. The van der Waals surface area contributed by atoms with Crippen LogP contribution in [0.5, 0.6) is 0 Å².